The van der Waals surface area contributed by atoms with Crippen molar-refractivity contribution in [2.45, 2.75) is 31.8 Å². The Morgan fingerprint density at radius 3 is 2.70 bits per heavy atom. The second kappa shape index (κ2) is 5.27. The average molecular weight is 337 g/mol. The van der Waals surface area contributed by atoms with Gasteiger partial charge in [0, 0.05) is 0 Å². The summed E-state index contributed by atoms with van der Waals surface area (Å²) < 4.78 is 37.9. The van der Waals surface area contributed by atoms with Gasteiger partial charge in [-0.15, -0.1) is 0 Å². The lowest BCUT2D eigenvalue weighted by Gasteiger charge is -2.25. The largest absolute Gasteiger partial charge is 0.479 e. The van der Waals surface area contributed by atoms with Gasteiger partial charge in [0.1, 0.15) is 17.1 Å². The quantitative estimate of drug-likeness (QED) is 0.884. The summed E-state index contributed by atoms with van der Waals surface area (Å²) >= 11 is 0. The minimum Gasteiger partial charge on any atom is -0.479 e. The molecule has 0 radical (unpaired) electrons. The molecule has 0 bridgehead atoms. The normalized spacial score (nSPS) is 17.2. The van der Waals surface area contributed by atoms with Gasteiger partial charge in [0.15, 0.2) is 16.8 Å². The Balaban J connectivity index is 2.02. The smallest absolute Gasteiger partial charge is 0.267 e. The molecule has 122 valence electrons. The van der Waals surface area contributed by atoms with E-state index in [-0.39, 0.29) is 33.6 Å². The highest BCUT2D eigenvalue weighted by molar-refractivity contribution is 7.92. The summed E-state index contributed by atoms with van der Waals surface area (Å²) in [7, 11) is -3.91. The number of sulfonamides is 1. The predicted octanol–water partition coefficient (Wildman–Crippen LogP) is 1.81. The van der Waals surface area contributed by atoms with E-state index < -0.39 is 16.1 Å². The van der Waals surface area contributed by atoms with Crippen LogP contribution in [-0.4, -0.2) is 25.6 Å². The maximum Gasteiger partial charge on any atom is 0.267 e. The molecule has 0 spiro atoms. The molecule has 9 heteroatoms. The minimum atomic E-state index is -3.91. The van der Waals surface area contributed by atoms with Gasteiger partial charge in [0.25, 0.3) is 15.9 Å². The lowest BCUT2D eigenvalue weighted by molar-refractivity contribution is -0.122. The van der Waals surface area contributed by atoms with E-state index in [2.05, 4.69) is 15.2 Å². The fraction of sp³-hybridized carbons (Fsp3) is 0.286. The molecular formula is C14H15N3O5S. The topological polar surface area (TPSA) is 111 Å². The standard InChI is InChI=1S/C14H15N3O5S/c1-7-13(8(2)22-16-7)23(19,20)17-10-5-4-6-11-12(10)15-14(18)9(3)21-11/h4-6,9,17H,1-3H3,(H,15,18). The number of aryl methyl sites for hydroxylation is 2. The zero-order valence-electron chi connectivity index (χ0n) is 12.7. The van der Waals surface area contributed by atoms with E-state index >= 15 is 0 Å². The predicted molar refractivity (Wildman–Crippen MR) is 81.9 cm³/mol. The number of rotatable bonds is 3. The van der Waals surface area contributed by atoms with Crippen molar-refractivity contribution in [3.8, 4) is 5.75 Å². The molecule has 0 saturated heterocycles. The average Bonchev–Trinajstić information content (AvgIpc) is 2.80. The number of aromatic nitrogens is 1. The van der Waals surface area contributed by atoms with Crippen LogP contribution in [0.3, 0.4) is 0 Å². The van der Waals surface area contributed by atoms with E-state index in [0.29, 0.717) is 5.75 Å². The molecule has 1 unspecified atom stereocenters. The van der Waals surface area contributed by atoms with E-state index in [9.17, 15) is 13.2 Å². The number of anilines is 2. The number of nitrogens with one attached hydrogen (secondary N) is 2. The molecule has 2 aromatic rings. The highest BCUT2D eigenvalue weighted by atomic mass is 32.2. The van der Waals surface area contributed by atoms with Crippen LogP contribution in [0.5, 0.6) is 5.75 Å². The van der Waals surface area contributed by atoms with Gasteiger partial charge in [-0.05, 0) is 32.9 Å². The van der Waals surface area contributed by atoms with Gasteiger partial charge < -0.3 is 14.6 Å². The minimum absolute atomic E-state index is 0.0217. The summed E-state index contributed by atoms with van der Waals surface area (Å²) in [5.41, 5.74) is 0.752. The number of ether oxygens (including phenoxy) is 1. The first-order valence-corrected chi connectivity index (χ1v) is 8.34. The van der Waals surface area contributed by atoms with Crippen LogP contribution in [0.2, 0.25) is 0 Å². The molecule has 2 N–H and O–H groups in total. The molecule has 1 aliphatic heterocycles. The Morgan fingerprint density at radius 1 is 1.30 bits per heavy atom. The Hall–Kier alpha value is -2.55. The number of para-hydroxylation sites is 1. The first kappa shape index (κ1) is 15.3. The number of nitrogens with zero attached hydrogens (tertiary/aromatic N) is 1. The molecule has 2 heterocycles. The summed E-state index contributed by atoms with van der Waals surface area (Å²) in [6.45, 7) is 4.67. The van der Waals surface area contributed by atoms with Crippen molar-refractivity contribution in [1.29, 1.82) is 0 Å². The molecule has 1 amide bonds. The summed E-state index contributed by atoms with van der Waals surface area (Å²) in [5, 5.41) is 6.29. The summed E-state index contributed by atoms with van der Waals surface area (Å²) in [4.78, 5) is 11.8. The van der Waals surface area contributed by atoms with Crippen molar-refractivity contribution in [3.05, 3.63) is 29.7 Å². The number of hydrogen-bond acceptors (Lipinski definition) is 6. The lowest BCUT2D eigenvalue weighted by atomic mass is 10.2. The van der Waals surface area contributed by atoms with Crippen LogP contribution < -0.4 is 14.8 Å². The third-order valence-corrected chi connectivity index (χ3v) is 5.04. The third kappa shape index (κ3) is 2.63. The number of carbonyl (C=O) groups is 1. The Bertz CT molecular complexity index is 868. The van der Waals surface area contributed by atoms with Gasteiger partial charge in [-0.1, -0.05) is 11.2 Å². The van der Waals surface area contributed by atoms with Gasteiger partial charge in [-0.25, -0.2) is 8.42 Å². The van der Waals surface area contributed by atoms with Crippen molar-refractivity contribution < 1.29 is 22.5 Å². The molecule has 23 heavy (non-hydrogen) atoms. The summed E-state index contributed by atoms with van der Waals surface area (Å²) in [5.74, 6) is 0.242. The Labute approximate surface area is 132 Å². The van der Waals surface area contributed by atoms with Crippen molar-refractivity contribution in [3.63, 3.8) is 0 Å². The molecule has 1 aliphatic rings. The molecule has 1 aromatic carbocycles. The van der Waals surface area contributed by atoms with Crippen molar-refractivity contribution >= 4 is 27.3 Å². The van der Waals surface area contributed by atoms with Gasteiger partial charge >= 0.3 is 0 Å². The first-order chi connectivity index (χ1) is 10.8. The number of amides is 1. The molecule has 0 aliphatic carbocycles. The number of carbonyl (C=O) groups excluding carboxylic acids is 1. The molecule has 3 rings (SSSR count). The molecule has 1 atom stereocenters. The van der Waals surface area contributed by atoms with Crippen LogP contribution in [0.15, 0.2) is 27.6 Å². The van der Waals surface area contributed by atoms with E-state index in [1.54, 1.807) is 19.1 Å². The monoisotopic (exact) mass is 337 g/mol. The van der Waals surface area contributed by atoms with Gasteiger partial charge in [-0.3, -0.25) is 9.52 Å². The molecule has 0 fully saturated rings. The molecule has 0 saturated carbocycles. The SMILES string of the molecule is Cc1noc(C)c1S(=O)(=O)Nc1cccc2c1NC(=O)C(C)O2. The van der Waals surface area contributed by atoms with Crippen LogP contribution in [0.1, 0.15) is 18.4 Å². The first-order valence-electron chi connectivity index (χ1n) is 6.86. The van der Waals surface area contributed by atoms with Crippen LogP contribution in [0.25, 0.3) is 0 Å². The molecule has 1 aromatic heterocycles. The molecule has 8 nitrogen and oxygen atoms in total. The molecular weight excluding hydrogens is 322 g/mol. The summed E-state index contributed by atoms with van der Waals surface area (Å²) in [6, 6.07) is 4.82. The van der Waals surface area contributed by atoms with Crippen LogP contribution >= 0.6 is 0 Å². The highest BCUT2D eigenvalue weighted by Gasteiger charge is 2.29. The van der Waals surface area contributed by atoms with Crippen molar-refractivity contribution in [2.75, 3.05) is 10.0 Å². The van der Waals surface area contributed by atoms with Crippen LogP contribution in [0.4, 0.5) is 11.4 Å². The van der Waals surface area contributed by atoms with Crippen LogP contribution in [-0.2, 0) is 14.8 Å². The summed E-state index contributed by atoms with van der Waals surface area (Å²) in [6.07, 6.45) is -0.642. The van der Waals surface area contributed by atoms with E-state index in [4.69, 9.17) is 9.26 Å². The fourth-order valence-corrected chi connectivity index (χ4v) is 3.77. The fourth-order valence-electron chi connectivity index (χ4n) is 2.37. The van der Waals surface area contributed by atoms with Crippen molar-refractivity contribution in [1.82, 2.24) is 5.16 Å². The van der Waals surface area contributed by atoms with Gasteiger partial charge in [0.05, 0.1) is 5.69 Å². The zero-order chi connectivity index (χ0) is 16.8. The number of benzene rings is 1. The van der Waals surface area contributed by atoms with Crippen LogP contribution in [0, 0.1) is 13.8 Å². The van der Waals surface area contributed by atoms with Crippen molar-refractivity contribution in [2.24, 2.45) is 0 Å². The number of hydrogen-bond donors (Lipinski definition) is 2. The van der Waals surface area contributed by atoms with Gasteiger partial charge in [0.2, 0.25) is 0 Å². The third-order valence-electron chi connectivity index (χ3n) is 3.43. The highest BCUT2D eigenvalue weighted by Crippen LogP contribution is 2.37. The van der Waals surface area contributed by atoms with Gasteiger partial charge in [-0.2, -0.15) is 0 Å². The van der Waals surface area contributed by atoms with E-state index in [0.717, 1.165) is 0 Å². The van der Waals surface area contributed by atoms with E-state index in [1.807, 2.05) is 0 Å². The maximum atomic E-state index is 12.6. The Kier molecular flexibility index (Phi) is 3.52. The second-order valence-electron chi connectivity index (χ2n) is 5.19. The second-order valence-corrected chi connectivity index (χ2v) is 6.81. The van der Waals surface area contributed by atoms with E-state index in [1.165, 1.54) is 19.9 Å². The number of fused-ring (bicyclic) bond motifs is 1. The zero-order valence-corrected chi connectivity index (χ0v) is 13.5. The Morgan fingerprint density at radius 2 is 2.04 bits per heavy atom. The lowest BCUT2D eigenvalue weighted by Crippen LogP contribution is -2.34. The maximum absolute atomic E-state index is 12.6.